The lowest BCUT2D eigenvalue weighted by atomic mass is 10.3. The third-order valence-corrected chi connectivity index (χ3v) is 3.51. The van der Waals surface area contributed by atoms with Gasteiger partial charge in [0.1, 0.15) is 29.5 Å². The summed E-state index contributed by atoms with van der Waals surface area (Å²) >= 11 is 0. The predicted molar refractivity (Wildman–Crippen MR) is 91.8 cm³/mol. The van der Waals surface area contributed by atoms with Crippen LogP contribution in [0.1, 0.15) is 5.69 Å². The molecule has 0 unspecified atom stereocenters. The Bertz CT molecular complexity index is 944. The molecule has 0 spiro atoms. The van der Waals surface area contributed by atoms with Gasteiger partial charge < -0.3 is 19.3 Å². The molecular weight excluding hydrogens is 357 g/mol. The van der Waals surface area contributed by atoms with Crippen molar-refractivity contribution >= 4 is 5.97 Å². The molecule has 140 valence electrons. The summed E-state index contributed by atoms with van der Waals surface area (Å²) in [7, 11) is 1.57. The molecule has 0 bridgehead atoms. The lowest BCUT2D eigenvalue weighted by Crippen LogP contribution is -2.10. The number of hydrogen-bond acceptors (Lipinski definition) is 6. The Hall–Kier alpha value is -3.62. The van der Waals surface area contributed by atoms with Gasteiger partial charge in [-0.05, 0) is 24.3 Å². The second kappa shape index (κ2) is 8.17. The highest BCUT2D eigenvalue weighted by atomic mass is 19.1. The molecule has 0 saturated heterocycles. The van der Waals surface area contributed by atoms with Gasteiger partial charge in [0.2, 0.25) is 0 Å². The molecule has 0 aliphatic carbocycles. The van der Waals surface area contributed by atoms with Gasteiger partial charge in [-0.2, -0.15) is 0 Å². The molecule has 0 amide bonds. The lowest BCUT2D eigenvalue weighted by molar-refractivity contribution is -0.139. The molecule has 1 N–H and O–H groups in total. The quantitative estimate of drug-likeness (QED) is 0.648. The number of methoxy groups -OCH3 is 1. The van der Waals surface area contributed by atoms with Crippen molar-refractivity contribution in [3.63, 3.8) is 0 Å². The maximum atomic E-state index is 13.9. The molecular formula is C18H16FN3O5. The number of carboxylic acid groups (broad SMARTS) is 1. The molecule has 0 saturated carbocycles. The van der Waals surface area contributed by atoms with Crippen LogP contribution in [0, 0.1) is 5.82 Å². The van der Waals surface area contributed by atoms with Crippen molar-refractivity contribution in [2.75, 3.05) is 13.7 Å². The minimum absolute atomic E-state index is 0.0733. The average molecular weight is 373 g/mol. The Kier molecular flexibility index (Phi) is 5.50. The van der Waals surface area contributed by atoms with E-state index >= 15 is 0 Å². The molecule has 0 radical (unpaired) electrons. The number of carbonyl (C=O) groups is 1. The zero-order valence-electron chi connectivity index (χ0n) is 14.3. The first-order valence-corrected chi connectivity index (χ1v) is 7.88. The summed E-state index contributed by atoms with van der Waals surface area (Å²) in [5.74, 6) is -1.16. The molecule has 3 aromatic rings. The summed E-state index contributed by atoms with van der Waals surface area (Å²) in [5.41, 5.74) is 1.26. The monoisotopic (exact) mass is 373 g/mol. The Morgan fingerprint density at radius 2 is 2.00 bits per heavy atom. The van der Waals surface area contributed by atoms with Gasteiger partial charge in [-0.25, -0.2) is 13.9 Å². The largest absolute Gasteiger partial charge is 0.494 e. The summed E-state index contributed by atoms with van der Waals surface area (Å²) in [6.07, 6.45) is 1.68. The summed E-state index contributed by atoms with van der Waals surface area (Å²) < 4.78 is 31.1. The van der Waals surface area contributed by atoms with Gasteiger partial charge in [0.15, 0.2) is 18.2 Å². The van der Waals surface area contributed by atoms with Crippen molar-refractivity contribution < 1.29 is 28.5 Å². The fourth-order valence-electron chi connectivity index (χ4n) is 2.29. The normalized spacial score (nSPS) is 10.4. The highest BCUT2D eigenvalue weighted by molar-refractivity contribution is 5.68. The van der Waals surface area contributed by atoms with Crippen LogP contribution in [-0.4, -0.2) is 39.8 Å². The van der Waals surface area contributed by atoms with Gasteiger partial charge in [0.25, 0.3) is 0 Å². The van der Waals surface area contributed by atoms with E-state index in [-0.39, 0.29) is 18.1 Å². The summed E-state index contributed by atoms with van der Waals surface area (Å²) in [4.78, 5) is 10.5. The van der Waals surface area contributed by atoms with Gasteiger partial charge in [-0.1, -0.05) is 17.3 Å². The van der Waals surface area contributed by atoms with Crippen LogP contribution in [-0.2, 0) is 11.4 Å². The molecule has 2 aromatic carbocycles. The van der Waals surface area contributed by atoms with Crippen LogP contribution in [0.5, 0.6) is 17.2 Å². The van der Waals surface area contributed by atoms with E-state index in [0.29, 0.717) is 11.4 Å². The van der Waals surface area contributed by atoms with E-state index in [0.717, 1.165) is 11.8 Å². The topological polar surface area (TPSA) is 95.7 Å². The molecule has 3 rings (SSSR count). The molecule has 1 heterocycles. The van der Waals surface area contributed by atoms with Crippen molar-refractivity contribution in [2.24, 2.45) is 0 Å². The second-order valence-electron chi connectivity index (χ2n) is 5.39. The fourth-order valence-corrected chi connectivity index (χ4v) is 2.29. The Balaban J connectivity index is 1.65. The zero-order chi connectivity index (χ0) is 19.2. The Morgan fingerprint density at radius 3 is 2.74 bits per heavy atom. The van der Waals surface area contributed by atoms with E-state index in [1.807, 2.05) is 24.3 Å². The number of nitrogens with zero attached hydrogens (tertiary/aromatic N) is 3. The van der Waals surface area contributed by atoms with Gasteiger partial charge in [-0.3, -0.25) is 0 Å². The van der Waals surface area contributed by atoms with Gasteiger partial charge in [0.05, 0.1) is 13.3 Å². The van der Waals surface area contributed by atoms with Crippen LogP contribution in [0.3, 0.4) is 0 Å². The van der Waals surface area contributed by atoms with Crippen molar-refractivity contribution in [2.45, 2.75) is 6.61 Å². The standard InChI is InChI=1S/C18H16FN3O5/c1-25-17-5-3-2-4-15(17)22-9-12(20-21-22)10-26-13-6-7-16(14(19)8-13)27-11-18(23)24/h2-9H,10-11H2,1H3,(H,23,24). The minimum Gasteiger partial charge on any atom is -0.494 e. The highest BCUT2D eigenvalue weighted by Crippen LogP contribution is 2.24. The third-order valence-electron chi connectivity index (χ3n) is 3.51. The number of aliphatic carboxylic acids is 1. The zero-order valence-corrected chi connectivity index (χ0v) is 14.3. The van der Waals surface area contributed by atoms with Crippen LogP contribution in [0.4, 0.5) is 4.39 Å². The molecule has 0 aliphatic rings. The molecule has 9 heteroatoms. The van der Waals surface area contributed by atoms with E-state index in [1.54, 1.807) is 18.0 Å². The molecule has 0 aliphatic heterocycles. The number of para-hydroxylation sites is 2. The summed E-state index contributed by atoms with van der Waals surface area (Å²) in [6.45, 7) is -0.549. The number of halogens is 1. The molecule has 0 fully saturated rings. The van der Waals surface area contributed by atoms with Gasteiger partial charge in [0, 0.05) is 6.07 Å². The van der Waals surface area contributed by atoms with E-state index in [2.05, 4.69) is 10.3 Å². The van der Waals surface area contributed by atoms with Gasteiger partial charge in [-0.15, -0.1) is 5.10 Å². The van der Waals surface area contributed by atoms with Crippen molar-refractivity contribution in [1.29, 1.82) is 0 Å². The van der Waals surface area contributed by atoms with E-state index in [9.17, 15) is 9.18 Å². The molecule has 27 heavy (non-hydrogen) atoms. The predicted octanol–water partition coefficient (Wildman–Crippen LogP) is 2.46. The van der Waals surface area contributed by atoms with Crippen LogP contribution in [0.25, 0.3) is 5.69 Å². The van der Waals surface area contributed by atoms with Crippen molar-refractivity contribution in [1.82, 2.24) is 15.0 Å². The summed E-state index contributed by atoms with van der Waals surface area (Å²) in [5, 5.41) is 16.6. The van der Waals surface area contributed by atoms with Crippen LogP contribution in [0.15, 0.2) is 48.7 Å². The van der Waals surface area contributed by atoms with Crippen LogP contribution in [0.2, 0.25) is 0 Å². The smallest absolute Gasteiger partial charge is 0.341 e. The van der Waals surface area contributed by atoms with E-state index in [1.165, 1.54) is 12.1 Å². The number of ether oxygens (including phenoxy) is 3. The maximum absolute atomic E-state index is 13.9. The number of hydrogen-bond donors (Lipinski definition) is 1. The molecule has 8 nitrogen and oxygen atoms in total. The van der Waals surface area contributed by atoms with E-state index < -0.39 is 18.4 Å². The first-order chi connectivity index (χ1) is 13.1. The minimum atomic E-state index is -1.19. The fraction of sp³-hybridized carbons (Fsp3) is 0.167. The Morgan fingerprint density at radius 1 is 1.19 bits per heavy atom. The van der Waals surface area contributed by atoms with Crippen molar-refractivity contribution in [3.05, 3.63) is 60.2 Å². The SMILES string of the molecule is COc1ccccc1-n1cc(COc2ccc(OCC(=O)O)c(F)c2)nn1. The molecule has 1 aromatic heterocycles. The molecule has 0 atom stereocenters. The first-order valence-electron chi connectivity index (χ1n) is 7.88. The Labute approximate surface area is 153 Å². The van der Waals surface area contributed by atoms with Crippen molar-refractivity contribution in [3.8, 4) is 22.9 Å². The number of benzene rings is 2. The second-order valence-corrected chi connectivity index (χ2v) is 5.39. The van der Waals surface area contributed by atoms with Crippen LogP contribution < -0.4 is 14.2 Å². The number of aromatic nitrogens is 3. The first kappa shape index (κ1) is 18.2. The average Bonchev–Trinajstić information content (AvgIpc) is 3.14. The number of carboxylic acids is 1. The van der Waals surface area contributed by atoms with Gasteiger partial charge >= 0.3 is 5.97 Å². The van der Waals surface area contributed by atoms with E-state index in [4.69, 9.17) is 19.3 Å². The highest BCUT2D eigenvalue weighted by Gasteiger charge is 2.10. The number of rotatable bonds is 8. The third kappa shape index (κ3) is 4.51. The maximum Gasteiger partial charge on any atom is 0.341 e. The lowest BCUT2D eigenvalue weighted by Gasteiger charge is -2.08. The summed E-state index contributed by atoms with van der Waals surface area (Å²) in [6, 6.07) is 11.2. The van der Waals surface area contributed by atoms with Crippen LogP contribution >= 0.6 is 0 Å².